The van der Waals surface area contributed by atoms with Crippen LogP contribution in [0, 0.1) is 0 Å². The van der Waals surface area contributed by atoms with Gasteiger partial charge in [-0.25, -0.2) is 0 Å². The third kappa shape index (κ3) is 5.38. The average Bonchev–Trinajstić information content (AvgIpc) is 2.84. The summed E-state index contributed by atoms with van der Waals surface area (Å²) in [5.41, 5.74) is 4.56. The van der Waals surface area contributed by atoms with Crippen molar-refractivity contribution >= 4 is 11.6 Å². The van der Waals surface area contributed by atoms with Crippen LogP contribution in [0.4, 0.5) is 5.69 Å². The quantitative estimate of drug-likeness (QED) is 0.395. The molecule has 0 saturated carbocycles. The fourth-order valence-corrected chi connectivity index (χ4v) is 3.65. The van der Waals surface area contributed by atoms with E-state index in [4.69, 9.17) is 4.74 Å². The molecular weight excluding hydrogens is 398 g/mol. The largest absolute Gasteiger partial charge is 0.477 e. The Morgan fingerprint density at radius 1 is 0.844 bits per heavy atom. The minimum Gasteiger partial charge on any atom is -0.477 e. The third-order valence-electron chi connectivity index (χ3n) is 5.17. The molecule has 3 aromatic carbocycles. The molecule has 160 valence electrons. The predicted octanol–water partition coefficient (Wildman–Crippen LogP) is 5.70. The SMILES string of the molecule is CCOc1ccc(-c2cccc(NC(=O)CC(c3ccccc3)c3ccccc3)c2)nn1. The van der Waals surface area contributed by atoms with Crippen LogP contribution in [0.5, 0.6) is 5.88 Å². The molecule has 0 fully saturated rings. The lowest BCUT2D eigenvalue weighted by Crippen LogP contribution is -2.16. The van der Waals surface area contributed by atoms with E-state index in [1.165, 1.54) is 0 Å². The van der Waals surface area contributed by atoms with Gasteiger partial charge in [-0.05, 0) is 36.2 Å². The summed E-state index contributed by atoms with van der Waals surface area (Å²) in [6.45, 7) is 2.45. The second-order valence-corrected chi connectivity index (χ2v) is 7.40. The summed E-state index contributed by atoms with van der Waals surface area (Å²) >= 11 is 0. The molecule has 0 aliphatic carbocycles. The van der Waals surface area contributed by atoms with Crippen LogP contribution in [-0.2, 0) is 4.79 Å². The predicted molar refractivity (Wildman–Crippen MR) is 127 cm³/mol. The molecule has 1 N–H and O–H groups in total. The van der Waals surface area contributed by atoms with Crippen LogP contribution in [-0.4, -0.2) is 22.7 Å². The summed E-state index contributed by atoms with van der Waals surface area (Å²) < 4.78 is 5.35. The Morgan fingerprint density at radius 2 is 1.53 bits per heavy atom. The zero-order valence-electron chi connectivity index (χ0n) is 17.9. The zero-order chi connectivity index (χ0) is 22.2. The van der Waals surface area contributed by atoms with E-state index in [-0.39, 0.29) is 11.8 Å². The van der Waals surface area contributed by atoms with Crippen molar-refractivity contribution in [3.63, 3.8) is 0 Å². The number of anilines is 1. The molecule has 0 radical (unpaired) electrons. The molecule has 0 aliphatic heterocycles. The van der Waals surface area contributed by atoms with Gasteiger partial charge in [0.25, 0.3) is 0 Å². The first kappa shape index (κ1) is 21.2. The summed E-state index contributed by atoms with van der Waals surface area (Å²) in [5, 5.41) is 11.4. The molecule has 5 nitrogen and oxygen atoms in total. The smallest absolute Gasteiger partial charge is 0.233 e. The van der Waals surface area contributed by atoms with Gasteiger partial charge < -0.3 is 10.1 Å². The summed E-state index contributed by atoms with van der Waals surface area (Å²) in [7, 11) is 0. The molecule has 4 aromatic rings. The summed E-state index contributed by atoms with van der Waals surface area (Å²) in [6.07, 6.45) is 0.348. The number of ether oxygens (including phenoxy) is 1. The van der Waals surface area contributed by atoms with E-state index in [0.717, 1.165) is 28.1 Å². The molecule has 4 rings (SSSR count). The Labute approximate surface area is 188 Å². The normalized spacial score (nSPS) is 10.7. The van der Waals surface area contributed by atoms with Crippen molar-refractivity contribution in [2.45, 2.75) is 19.3 Å². The zero-order valence-corrected chi connectivity index (χ0v) is 17.9. The maximum absolute atomic E-state index is 13.0. The molecule has 1 aromatic heterocycles. The van der Waals surface area contributed by atoms with Crippen molar-refractivity contribution < 1.29 is 9.53 Å². The number of rotatable bonds is 8. The average molecular weight is 424 g/mol. The molecule has 1 heterocycles. The number of hydrogen-bond acceptors (Lipinski definition) is 4. The van der Waals surface area contributed by atoms with Crippen molar-refractivity contribution in [2.75, 3.05) is 11.9 Å². The van der Waals surface area contributed by atoms with E-state index < -0.39 is 0 Å². The molecule has 0 unspecified atom stereocenters. The number of carbonyl (C=O) groups is 1. The summed E-state index contributed by atoms with van der Waals surface area (Å²) in [6, 6.07) is 31.5. The van der Waals surface area contributed by atoms with Crippen LogP contribution in [0.2, 0.25) is 0 Å². The molecule has 0 bridgehead atoms. The third-order valence-corrected chi connectivity index (χ3v) is 5.17. The molecule has 32 heavy (non-hydrogen) atoms. The highest BCUT2D eigenvalue weighted by Gasteiger charge is 2.18. The van der Waals surface area contributed by atoms with Crippen LogP contribution in [0.15, 0.2) is 97.1 Å². The van der Waals surface area contributed by atoms with Crippen molar-refractivity contribution in [2.24, 2.45) is 0 Å². The van der Waals surface area contributed by atoms with Gasteiger partial charge in [0.1, 0.15) is 0 Å². The monoisotopic (exact) mass is 423 g/mol. The van der Waals surface area contributed by atoms with Crippen LogP contribution < -0.4 is 10.1 Å². The number of amides is 1. The molecule has 0 spiro atoms. The number of hydrogen-bond donors (Lipinski definition) is 1. The lowest BCUT2D eigenvalue weighted by molar-refractivity contribution is -0.116. The molecule has 0 saturated heterocycles. The van der Waals surface area contributed by atoms with E-state index >= 15 is 0 Å². The highest BCUT2D eigenvalue weighted by Crippen LogP contribution is 2.29. The van der Waals surface area contributed by atoms with Gasteiger partial charge in [-0.15, -0.1) is 10.2 Å². The van der Waals surface area contributed by atoms with Gasteiger partial charge in [0, 0.05) is 29.7 Å². The number of nitrogens with zero attached hydrogens (tertiary/aromatic N) is 2. The van der Waals surface area contributed by atoms with E-state index in [0.29, 0.717) is 18.9 Å². The molecule has 1 amide bonds. The Balaban J connectivity index is 1.50. The summed E-state index contributed by atoms with van der Waals surface area (Å²) in [4.78, 5) is 13.0. The standard InChI is InChI=1S/C27H25N3O2/c1-2-32-27-17-16-25(29-30-27)22-14-9-15-23(18-22)28-26(31)19-24(20-10-5-3-6-11-20)21-12-7-4-8-13-21/h3-18,24H,2,19H2,1H3,(H,28,31). The molecule has 5 heteroatoms. The molecular formula is C27H25N3O2. The van der Waals surface area contributed by atoms with E-state index in [1.807, 2.05) is 73.7 Å². The van der Waals surface area contributed by atoms with Crippen LogP contribution in [0.25, 0.3) is 11.3 Å². The maximum atomic E-state index is 13.0. The van der Waals surface area contributed by atoms with Crippen molar-refractivity contribution in [1.29, 1.82) is 0 Å². The first-order valence-electron chi connectivity index (χ1n) is 10.7. The van der Waals surface area contributed by atoms with Gasteiger partial charge in [-0.2, -0.15) is 0 Å². The van der Waals surface area contributed by atoms with E-state index in [2.05, 4.69) is 39.8 Å². The van der Waals surface area contributed by atoms with E-state index in [1.54, 1.807) is 6.07 Å². The Kier molecular flexibility index (Phi) is 6.88. The first-order chi connectivity index (χ1) is 15.7. The summed E-state index contributed by atoms with van der Waals surface area (Å²) in [5.74, 6) is 0.434. The van der Waals surface area contributed by atoms with Crippen LogP contribution in [0.3, 0.4) is 0 Å². The van der Waals surface area contributed by atoms with Gasteiger partial charge in [0.15, 0.2) is 0 Å². The Hall–Kier alpha value is -3.99. The van der Waals surface area contributed by atoms with Gasteiger partial charge in [-0.3, -0.25) is 4.79 Å². The lowest BCUT2D eigenvalue weighted by atomic mass is 9.88. The first-order valence-corrected chi connectivity index (χ1v) is 10.7. The topological polar surface area (TPSA) is 64.1 Å². The maximum Gasteiger partial charge on any atom is 0.233 e. The Morgan fingerprint density at radius 3 is 2.12 bits per heavy atom. The van der Waals surface area contributed by atoms with E-state index in [9.17, 15) is 4.79 Å². The lowest BCUT2D eigenvalue weighted by Gasteiger charge is -2.18. The van der Waals surface area contributed by atoms with Crippen LogP contribution in [0.1, 0.15) is 30.4 Å². The fourth-order valence-electron chi connectivity index (χ4n) is 3.65. The van der Waals surface area contributed by atoms with Gasteiger partial charge in [-0.1, -0.05) is 72.8 Å². The van der Waals surface area contributed by atoms with Crippen molar-refractivity contribution in [3.05, 3.63) is 108 Å². The van der Waals surface area contributed by atoms with Crippen molar-refractivity contribution in [3.8, 4) is 17.1 Å². The van der Waals surface area contributed by atoms with Crippen LogP contribution >= 0.6 is 0 Å². The van der Waals surface area contributed by atoms with Gasteiger partial charge in [0.05, 0.1) is 12.3 Å². The second kappa shape index (κ2) is 10.4. The number of aromatic nitrogens is 2. The van der Waals surface area contributed by atoms with Gasteiger partial charge >= 0.3 is 0 Å². The minimum atomic E-state index is -0.0439. The second-order valence-electron chi connectivity index (χ2n) is 7.40. The molecule has 0 atom stereocenters. The Bertz CT molecular complexity index is 1110. The van der Waals surface area contributed by atoms with Crippen molar-refractivity contribution in [1.82, 2.24) is 10.2 Å². The number of carbonyl (C=O) groups excluding carboxylic acids is 1. The highest BCUT2D eigenvalue weighted by molar-refractivity contribution is 5.92. The minimum absolute atomic E-state index is 0.0161. The van der Waals surface area contributed by atoms with Gasteiger partial charge in [0.2, 0.25) is 11.8 Å². The highest BCUT2D eigenvalue weighted by atomic mass is 16.5. The number of nitrogens with one attached hydrogen (secondary N) is 1. The number of benzene rings is 3. The fraction of sp³-hybridized carbons (Fsp3) is 0.148. The molecule has 0 aliphatic rings.